The average Bonchev–Trinajstić information content (AvgIpc) is 3.03. The van der Waals surface area contributed by atoms with Crippen LogP contribution in [0.4, 0.5) is 17.1 Å². The van der Waals surface area contributed by atoms with Crippen LogP contribution in [0.3, 0.4) is 0 Å². The van der Waals surface area contributed by atoms with Crippen LogP contribution in [-0.4, -0.2) is 34.5 Å². The van der Waals surface area contributed by atoms with E-state index in [2.05, 4.69) is 16.0 Å². The maximum atomic E-state index is 13.3. The SMILES string of the molecule is CCOc1ccccc1NC(=O)C(C)Sc1ccc(NC(=O)/C(=C/c2ccc([N+](=O)[O-])cc2)NC(=O)c2ccccc2)cc1. The summed E-state index contributed by atoms with van der Waals surface area (Å²) in [5.74, 6) is -0.664. The molecule has 0 spiro atoms. The number of amides is 3. The molecule has 4 aromatic carbocycles. The van der Waals surface area contributed by atoms with Crippen LogP contribution in [0.5, 0.6) is 5.75 Å². The number of hydrogen-bond acceptors (Lipinski definition) is 7. The van der Waals surface area contributed by atoms with Crippen molar-refractivity contribution in [2.24, 2.45) is 0 Å². The molecular weight excluding hydrogens is 580 g/mol. The summed E-state index contributed by atoms with van der Waals surface area (Å²) in [5.41, 5.74) is 1.76. The molecule has 0 aliphatic rings. The summed E-state index contributed by atoms with van der Waals surface area (Å²) in [5, 5.41) is 18.9. The lowest BCUT2D eigenvalue weighted by molar-refractivity contribution is -0.384. The summed E-state index contributed by atoms with van der Waals surface area (Å²) >= 11 is 1.35. The van der Waals surface area contributed by atoms with E-state index in [0.717, 1.165) is 4.90 Å². The number of rotatable bonds is 12. The predicted octanol–water partition coefficient (Wildman–Crippen LogP) is 6.52. The van der Waals surface area contributed by atoms with Crippen molar-refractivity contribution in [3.8, 4) is 5.75 Å². The third-order valence-electron chi connectivity index (χ3n) is 6.18. The first kappa shape index (κ1) is 31.5. The van der Waals surface area contributed by atoms with Crippen molar-refractivity contribution in [1.29, 1.82) is 0 Å². The van der Waals surface area contributed by atoms with Crippen LogP contribution in [0.25, 0.3) is 6.08 Å². The summed E-state index contributed by atoms with van der Waals surface area (Å²) in [4.78, 5) is 50.3. The number of nitro groups is 1. The number of nitro benzene ring substituents is 1. The fraction of sp³-hybridized carbons (Fsp3) is 0.121. The molecule has 1 unspecified atom stereocenters. The lowest BCUT2D eigenvalue weighted by Crippen LogP contribution is -2.30. The van der Waals surface area contributed by atoms with Crippen LogP contribution in [0.2, 0.25) is 0 Å². The van der Waals surface area contributed by atoms with Gasteiger partial charge in [-0.2, -0.15) is 0 Å². The van der Waals surface area contributed by atoms with Gasteiger partial charge in [-0.05, 0) is 86.2 Å². The van der Waals surface area contributed by atoms with E-state index in [1.807, 2.05) is 19.1 Å². The third kappa shape index (κ3) is 8.79. The smallest absolute Gasteiger partial charge is 0.272 e. The molecule has 0 saturated heterocycles. The van der Waals surface area contributed by atoms with E-state index < -0.39 is 22.0 Å². The fourth-order valence-corrected chi connectivity index (χ4v) is 4.83. The van der Waals surface area contributed by atoms with Crippen LogP contribution in [0, 0.1) is 10.1 Å². The van der Waals surface area contributed by atoms with Crippen LogP contribution in [0.1, 0.15) is 29.8 Å². The van der Waals surface area contributed by atoms with Gasteiger partial charge in [0.05, 0.1) is 22.5 Å². The molecule has 0 bridgehead atoms. The Bertz CT molecular complexity index is 1660. The van der Waals surface area contributed by atoms with E-state index in [-0.39, 0.29) is 17.3 Å². The zero-order chi connectivity index (χ0) is 31.5. The Morgan fingerprint density at radius 2 is 1.55 bits per heavy atom. The highest BCUT2D eigenvalue weighted by Crippen LogP contribution is 2.28. The molecule has 3 N–H and O–H groups in total. The second-order valence-electron chi connectivity index (χ2n) is 9.38. The lowest BCUT2D eigenvalue weighted by atomic mass is 10.1. The van der Waals surface area contributed by atoms with E-state index in [0.29, 0.717) is 34.9 Å². The number of nitrogens with one attached hydrogen (secondary N) is 3. The molecule has 0 aliphatic heterocycles. The Morgan fingerprint density at radius 1 is 0.886 bits per heavy atom. The Morgan fingerprint density at radius 3 is 2.20 bits per heavy atom. The first-order valence-electron chi connectivity index (χ1n) is 13.7. The normalized spacial score (nSPS) is 11.6. The van der Waals surface area contributed by atoms with Crippen molar-refractivity contribution >= 4 is 52.6 Å². The molecule has 4 rings (SSSR count). The second kappa shape index (κ2) is 15.2. The molecule has 4 aromatic rings. The predicted molar refractivity (Wildman–Crippen MR) is 172 cm³/mol. The van der Waals surface area contributed by atoms with Gasteiger partial charge in [-0.25, -0.2) is 0 Å². The van der Waals surface area contributed by atoms with Gasteiger partial charge in [0.2, 0.25) is 5.91 Å². The number of ether oxygens (including phenoxy) is 1. The van der Waals surface area contributed by atoms with Crippen LogP contribution >= 0.6 is 11.8 Å². The van der Waals surface area contributed by atoms with E-state index in [9.17, 15) is 24.5 Å². The van der Waals surface area contributed by atoms with Gasteiger partial charge in [0.1, 0.15) is 11.4 Å². The topological polar surface area (TPSA) is 140 Å². The number of hydrogen-bond donors (Lipinski definition) is 3. The molecule has 0 fully saturated rings. The van der Waals surface area contributed by atoms with Crippen molar-refractivity contribution in [1.82, 2.24) is 5.32 Å². The van der Waals surface area contributed by atoms with Crippen LogP contribution in [0.15, 0.2) is 114 Å². The maximum Gasteiger partial charge on any atom is 0.272 e. The Balaban J connectivity index is 1.44. The minimum Gasteiger partial charge on any atom is -0.492 e. The second-order valence-corrected chi connectivity index (χ2v) is 10.8. The molecule has 224 valence electrons. The zero-order valence-electron chi connectivity index (χ0n) is 24.0. The number of carbonyl (C=O) groups is 3. The van der Waals surface area contributed by atoms with Gasteiger partial charge in [-0.1, -0.05) is 30.3 Å². The number of anilines is 2. The van der Waals surface area contributed by atoms with Crippen molar-refractivity contribution in [2.45, 2.75) is 24.0 Å². The molecule has 0 aromatic heterocycles. The number of benzene rings is 4. The van der Waals surface area contributed by atoms with Gasteiger partial charge in [-0.15, -0.1) is 11.8 Å². The number of para-hydroxylation sites is 2. The minimum absolute atomic E-state index is 0.0521. The van der Waals surface area contributed by atoms with Gasteiger partial charge in [0.25, 0.3) is 17.5 Å². The molecule has 0 saturated carbocycles. The summed E-state index contributed by atoms with van der Waals surface area (Å²) in [7, 11) is 0. The van der Waals surface area contributed by atoms with E-state index >= 15 is 0 Å². The van der Waals surface area contributed by atoms with Crippen LogP contribution in [-0.2, 0) is 9.59 Å². The summed E-state index contributed by atoms with van der Waals surface area (Å²) < 4.78 is 5.58. The van der Waals surface area contributed by atoms with E-state index in [1.165, 1.54) is 42.1 Å². The highest BCUT2D eigenvalue weighted by Gasteiger charge is 2.18. The molecule has 10 nitrogen and oxygen atoms in total. The average molecular weight is 611 g/mol. The van der Waals surface area contributed by atoms with Crippen molar-refractivity contribution in [3.05, 3.63) is 130 Å². The molecule has 11 heteroatoms. The quantitative estimate of drug-likeness (QED) is 0.0718. The lowest BCUT2D eigenvalue weighted by Gasteiger charge is -2.15. The molecule has 44 heavy (non-hydrogen) atoms. The minimum atomic E-state index is -0.589. The van der Waals surface area contributed by atoms with Gasteiger partial charge >= 0.3 is 0 Å². The fourth-order valence-electron chi connectivity index (χ4n) is 3.96. The number of non-ortho nitro benzene ring substituents is 1. The highest BCUT2D eigenvalue weighted by atomic mass is 32.2. The molecule has 0 radical (unpaired) electrons. The van der Waals surface area contributed by atoms with Crippen LogP contribution < -0.4 is 20.7 Å². The number of nitrogens with zero attached hydrogens (tertiary/aromatic N) is 1. The highest BCUT2D eigenvalue weighted by molar-refractivity contribution is 8.00. The summed E-state index contributed by atoms with van der Waals surface area (Å²) in [6.07, 6.45) is 1.44. The molecule has 1 atom stereocenters. The van der Waals surface area contributed by atoms with E-state index in [1.54, 1.807) is 73.7 Å². The number of thioether (sulfide) groups is 1. The van der Waals surface area contributed by atoms with Crippen molar-refractivity contribution in [3.63, 3.8) is 0 Å². The molecular formula is C33H30N4O6S. The monoisotopic (exact) mass is 610 g/mol. The van der Waals surface area contributed by atoms with Crippen molar-refractivity contribution in [2.75, 3.05) is 17.2 Å². The molecule has 3 amide bonds. The Kier molecular flexibility index (Phi) is 10.9. The largest absolute Gasteiger partial charge is 0.492 e. The Labute approximate surface area is 258 Å². The Hall–Kier alpha value is -5.42. The third-order valence-corrected chi connectivity index (χ3v) is 7.29. The van der Waals surface area contributed by atoms with Gasteiger partial charge in [-0.3, -0.25) is 24.5 Å². The number of carbonyl (C=O) groups excluding carboxylic acids is 3. The zero-order valence-corrected chi connectivity index (χ0v) is 24.8. The van der Waals surface area contributed by atoms with Crippen molar-refractivity contribution < 1.29 is 24.0 Å². The maximum absolute atomic E-state index is 13.3. The van der Waals surface area contributed by atoms with Gasteiger partial charge < -0.3 is 20.7 Å². The first-order valence-corrected chi connectivity index (χ1v) is 14.5. The summed E-state index contributed by atoms with van der Waals surface area (Å²) in [6.45, 7) is 4.15. The molecule has 0 heterocycles. The van der Waals surface area contributed by atoms with Gasteiger partial charge in [0, 0.05) is 28.3 Å². The van der Waals surface area contributed by atoms with E-state index in [4.69, 9.17) is 4.74 Å². The molecule has 0 aliphatic carbocycles. The van der Waals surface area contributed by atoms with Gasteiger partial charge in [0.15, 0.2) is 0 Å². The standard InChI is InChI=1S/C33H30N4O6S/c1-3-43-30-12-8-7-11-28(30)35-31(38)22(2)44-27-19-15-25(16-20-27)34-33(40)29(36-32(39)24-9-5-4-6-10-24)21-23-13-17-26(18-14-23)37(41)42/h4-22H,3H2,1-2H3,(H,34,40)(H,35,38)(H,36,39)/b29-21-. The summed E-state index contributed by atoms with van der Waals surface area (Å²) in [6, 6.07) is 28.2. The first-order chi connectivity index (χ1) is 21.2.